The van der Waals surface area contributed by atoms with E-state index in [9.17, 15) is 4.79 Å². The van der Waals surface area contributed by atoms with Crippen molar-refractivity contribution in [2.45, 2.75) is 45.4 Å². The normalized spacial score (nSPS) is 12.2. The molecule has 0 fully saturated rings. The first-order chi connectivity index (χ1) is 9.08. The molecule has 0 N–H and O–H groups in total. The largest absolute Gasteiger partial charge is 0.466 e. The Bertz CT molecular complexity index is 419. The van der Waals surface area contributed by atoms with Crippen LogP contribution in [0.15, 0.2) is 18.2 Å². The van der Waals surface area contributed by atoms with E-state index >= 15 is 0 Å². The number of carbonyl (C=O) groups is 1. The summed E-state index contributed by atoms with van der Waals surface area (Å²) in [6.45, 7) is 4.55. The molecular formula is C15H20Cl2O2. The highest BCUT2D eigenvalue weighted by atomic mass is 35.5. The molecule has 2 nitrogen and oxygen atoms in total. The molecule has 0 spiro atoms. The Hall–Kier alpha value is -0.730. The molecule has 0 saturated heterocycles. The lowest BCUT2D eigenvalue weighted by Gasteiger charge is -2.17. The summed E-state index contributed by atoms with van der Waals surface area (Å²) in [6.07, 6.45) is 3.11. The third-order valence-electron chi connectivity index (χ3n) is 2.92. The number of ether oxygens (including phenoxy) is 1. The molecular weight excluding hydrogens is 283 g/mol. The topological polar surface area (TPSA) is 26.3 Å². The van der Waals surface area contributed by atoms with Gasteiger partial charge in [0.05, 0.1) is 13.0 Å². The molecule has 0 amide bonds. The number of halogens is 2. The second kappa shape index (κ2) is 8.44. The van der Waals surface area contributed by atoms with Crippen molar-refractivity contribution in [3.63, 3.8) is 0 Å². The summed E-state index contributed by atoms with van der Waals surface area (Å²) in [5.74, 6) is -0.0644. The maximum absolute atomic E-state index is 11.7. The lowest BCUT2D eigenvalue weighted by molar-refractivity contribution is -0.144. The summed E-state index contributed by atoms with van der Waals surface area (Å²) in [5, 5.41) is 1.23. The number of rotatable bonds is 7. The van der Waals surface area contributed by atoms with Crippen molar-refractivity contribution >= 4 is 29.2 Å². The van der Waals surface area contributed by atoms with Gasteiger partial charge in [-0.2, -0.15) is 0 Å². The standard InChI is InChI=1S/C15H20Cl2O2/c1-3-5-11(9-15(18)19-8-4-2)13-7-6-12(16)10-14(13)17/h6-7,10-11H,3-5,8-9H2,1-2H3. The van der Waals surface area contributed by atoms with Crippen LogP contribution in [0.4, 0.5) is 0 Å². The second-order valence-corrected chi connectivity index (χ2v) is 5.42. The van der Waals surface area contributed by atoms with E-state index < -0.39 is 0 Å². The fourth-order valence-corrected chi connectivity index (χ4v) is 2.59. The van der Waals surface area contributed by atoms with Gasteiger partial charge in [0.2, 0.25) is 0 Å². The van der Waals surface area contributed by atoms with Crippen LogP contribution >= 0.6 is 23.2 Å². The lowest BCUT2D eigenvalue weighted by atomic mass is 9.91. The molecule has 0 radical (unpaired) electrons. The molecule has 0 heterocycles. The quantitative estimate of drug-likeness (QED) is 0.645. The number of carbonyl (C=O) groups excluding carboxylic acids is 1. The maximum Gasteiger partial charge on any atom is 0.306 e. The van der Waals surface area contributed by atoms with Crippen molar-refractivity contribution in [1.29, 1.82) is 0 Å². The zero-order valence-electron chi connectivity index (χ0n) is 11.4. The summed E-state index contributed by atoms with van der Waals surface area (Å²) in [6, 6.07) is 5.43. The fraction of sp³-hybridized carbons (Fsp3) is 0.533. The van der Waals surface area contributed by atoms with Crippen molar-refractivity contribution in [3.05, 3.63) is 33.8 Å². The SMILES string of the molecule is CCCOC(=O)CC(CCC)c1ccc(Cl)cc1Cl. The molecule has 0 bridgehead atoms. The monoisotopic (exact) mass is 302 g/mol. The van der Waals surface area contributed by atoms with E-state index in [4.69, 9.17) is 27.9 Å². The van der Waals surface area contributed by atoms with E-state index in [1.807, 2.05) is 19.1 Å². The highest BCUT2D eigenvalue weighted by Crippen LogP contribution is 2.32. The smallest absolute Gasteiger partial charge is 0.306 e. The Morgan fingerprint density at radius 1 is 1.26 bits per heavy atom. The van der Waals surface area contributed by atoms with Crippen LogP contribution in [0.3, 0.4) is 0 Å². The van der Waals surface area contributed by atoms with Gasteiger partial charge >= 0.3 is 5.97 Å². The minimum atomic E-state index is -0.161. The molecule has 0 aliphatic carbocycles. The summed E-state index contributed by atoms with van der Waals surface area (Å²) in [7, 11) is 0. The minimum Gasteiger partial charge on any atom is -0.466 e. The minimum absolute atomic E-state index is 0.0964. The summed E-state index contributed by atoms with van der Waals surface area (Å²) < 4.78 is 5.15. The van der Waals surface area contributed by atoms with Crippen LogP contribution in [0.5, 0.6) is 0 Å². The Kier molecular flexibility index (Phi) is 7.25. The number of hydrogen-bond acceptors (Lipinski definition) is 2. The van der Waals surface area contributed by atoms with Crippen molar-refractivity contribution in [1.82, 2.24) is 0 Å². The summed E-state index contributed by atoms with van der Waals surface area (Å²) in [4.78, 5) is 11.7. The van der Waals surface area contributed by atoms with Gasteiger partial charge in [-0.3, -0.25) is 4.79 Å². The zero-order chi connectivity index (χ0) is 14.3. The predicted octanol–water partition coefficient (Wildman–Crippen LogP) is 5.22. The Labute approximate surface area is 125 Å². The van der Waals surface area contributed by atoms with Gasteiger partial charge in [-0.25, -0.2) is 0 Å². The van der Waals surface area contributed by atoms with Crippen LogP contribution in [0.2, 0.25) is 10.0 Å². The van der Waals surface area contributed by atoms with Gasteiger partial charge in [-0.1, -0.05) is 49.5 Å². The first-order valence-corrected chi connectivity index (χ1v) is 7.44. The van der Waals surface area contributed by atoms with Gasteiger partial charge in [0.25, 0.3) is 0 Å². The Morgan fingerprint density at radius 2 is 2.00 bits per heavy atom. The van der Waals surface area contributed by atoms with Crippen LogP contribution < -0.4 is 0 Å². The van der Waals surface area contributed by atoms with Crippen molar-refractivity contribution in [3.8, 4) is 0 Å². The third-order valence-corrected chi connectivity index (χ3v) is 3.48. The number of esters is 1. The molecule has 1 aromatic carbocycles. The lowest BCUT2D eigenvalue weighted by Crippen LogP contribution is -2.11. The van der Waals surface area contributed by atoms with Crippen LogP contribution in [0.1, 0.15) is 51.0 Å². The van der Waals surface area contributed by atoms with E-state index in [0.29, 0.717) is 23.1 Å². The van der Waals surface area contributed by atoms with Crippen LogP contribution in [-0.2, 0) is 9.53 Å². The molecule has 0 saturated carbocycles. The van der Waals surface area contributed by atoms with E-state index in [2.05, 4.69) is 6.92 Å². The number of benzene rings is 1. The molecule has 106 valence electrons. The summed E-state index contributed by atoms with van der Waals surface area (Å²) in [5.41, 5.74) is 0.973. The van der Waals surface area contributed by atoms with Crippen LogP contribution in [0, 0.1) is 0 Å². The molecule has 0 aliphatic heterocycles. The van der Waals surface area contributed by atoms with Crippen LogP contribution in [-0.4, -0.2) is 12.6 Å². The third kappa shape index (κ3) is 5.42. The van der Waals surface area contributed by atoms with E-state index in [0.717, 1.165) is 24.8 Å². The van der Waals surface area contributed by atoms with Crippen molar-refractivity contribution in [2.75, 3.05) is 6.61 Å². The second-order valence-electron chi connectivity index (χ2n) is 4.58. The Balaban J connectivity index is 2.78. The fourth-order valence-electron chi connectivity index (χ4n) is 2.02. The van der Waals surface area contributed by atoms with Crippen molar-refractivity contribution < 1.29 is 9.53 Å². The van der Waals surface area contributed by atoms with Gasteiger partial charge < -0.3 is 4.74 Å². The molecule has 1 unspecified atom stereocenters. The number of hydrogen-bond donors (Lipinski definition) is 0. The molecule has 0 aliphatic rings. The highest BCUT2D eigenvalue weighted by Gasteiger charge is 2.18. The van der Waals surface area contributed by atoms with Gasteiger partial charge in [0, 0.05) is 10.0 Å². The maximum atomic E-state index is 11.7. The highest BCUT2D eigenvalue weighted by molar-refractivity contribution is 6.35. The van der Waals surface area contributed by atoms with E-state index in [1.165, 1.54) is 0 Å². The molecule has 19 heavy (non-hydrogen) atoms. The molecule has 1 rings (SSSR count). The Morgan fingerprint density at radius 3 is 2.58 bits per heavy atom. The van der Waals surface area contributed by atoms with Crippen LogP contribution in [0.25, 0.3) is 0 Å². The zero-order valence-corrected chi connectivity index (χ0v) is 12.9. The van der Waals surface area contributed by atoms with Crippen molar-refractivity contribution in [2.24, 2.45) is 0 Å². The molecule has 1 atom stereocenters. The molecule has 1 aromatic rings. The van der Waals surface area contributed by atoms with E-state index in [-0.39, 0.29) is 11.9 Å². The molecule has 4 heteroatoms. The van der Waals surface area contributed by atoms with Gasteiger partial charge in [-0.05, 0) is 36.5 Å². The van der Waals surface area contributed by atoms with Gasteiger partial charge in [-0.15, -0.1) is 0 Å². The van der Waals surface area contributed by atoms with Gasteiger partial charge in [0.15, 0.2) is 0 Å². The summed E-state index contributed by atoms with van der Waals surface area (Å²) >= 11 is 12.1. The predicted molar refractivity (Wildman–Crippen MR) is 80.0 cm³/mol. The van der Waals surface area contributed by atoms with Gasteiger partial charge in [0.1, 0.15) is 0 Å². The first kappa shape index (κ1) is 16.3. The average Bonchev–Trinajstić information content (AvgIpc) is 2.36. The van der Waals surface area contributed by atoms with E-state index in [1.54, 1.807) is 6.07 Å². The molecule has 0 aromatic heterocycles. The first-order valence-electron chi connectivity index (χ1n) is 6.69. The average molecular weight is 303 g/mol.